The highest BCUT2D eigenvalue weighted by Gasteiger charge is 2.16. The number of nitrogens with one attached hydrogen (secondary N) is 1. The predicted molar refractivity (Wildman–Crippen MR) is 100 cm³/mol. The van der Waals surface area contributed by atoms with Crippen LogP contribution in [0.3, 0.4) is 0 Å². The fourth-order valence-electron chi connectivity index (χ4n) is 2.80. The second-order valence-corrected chi connectivity index (χ2v) is 8.02. The summed E-state index contributed by atoms with van der Waals surface area (Å²) in [5.74, 6) is 0.135. The molecule has 6 nitrogen and oxygen atoms in total. The predicted octanol–water partition coefficient (Wildman–Crippen LogP) is 2.39. The molecule has 26 heavy (non-hydrogen) atoms. The van der Waals surface area contributed by atoms with Crippen molar-refractivity contribution in [3.8, 4) is 5.75 Å². The molecule has 0 saturated carbocycles. The summed E-state index contributed by atoms with van der Waals surface area (Å²) in [4.78, 5) is 12.6. The number of hydrogen-bond donors (Lipinski definition) is 1. The van der Waals surface area contributed by atoms with Crippen LogP contribution in [0.4, 0.5) is 0 Å². The first-order valence-electron chi connectivity index (χ1n) is 8.11. The average Bonchev–Trinajstić information content (AvgIpc) is 3.03. The van der Waals surface area contributed by atoms with Crippen LogP contribution in [0, 0.1) is 0 Å². The fraction of sp³-hybridized carbons (Fsp3) is 0.211. The molecule has 1 aromatic heterocycles. The summed E-state index contributed by atoms with van der Waals surface area (Å²) in [5.41, 5.74) is 1.48. The summed E-state index contributed by atoms with van der Waals surface area (Å²) in [6, 6.07) is 13.5. The molecule has 7 heteroatoms. The van der Waals surface area contributed by atoms with E-state index in [9.17, 15) is 13.2 Å². The molecule has 3 aromatic rings. The number of hydrogen-bond acceptors (Lipinski definition) is 4. The number of nitrogens with zero attached hydrogens (tertiary/aromatic N) is 1. The SMILES string of the molecule is COc1ccc(S(=O)(=O)CCNC(=O)c2cccc3c2ccn3C)cc1. The van der Waals surface area contributed by atoms with Crippen LogP contribution in [0.2, 0.25) is 0 Å². The highest BCUT2D eigenvalue weighted by Crippen LogP contribution is 2.19. The maximum Gasteiger partial charge on any atom is 0.251 e. The van der Waals surface area contributed by atoms with Crippen molar-refractivity contribution in [2.75, 3.05) is 19.4 Å². The van der Waals surface area contributed by atoms with Crippen LogP contribution >= 0.6 is 0 Å². The monoisotopic (exact) mass is 372 g/mol. The van der Waals surface area contributed by atoms with E-state index < -0.39 is 9.84 Å². The highest BCUT2D eigenvalue weighted by atomic mass is 32.2. The van der Waals surface area contributed by atoms with Crippen molar-refractivity contribution >= 4 is 26.6 Å². The van der Waals surface area contributed by atoms with Gasteiger partial charge in [0.05, 0.1) is 17.8 Å². The lowest BCUT2D eigenvalue weighted by Gasteiger charge is -2.08. The zero-order valence-electron chi connectivity index (χ0n) is 14.6. The van der Waals surface area contributed by atoms with Gasteiger partial charge in [-0.05, 0) is 42.5 Å². The van der Waals surface area contributed by atoms with Crippen LogP contribution in [0.1, 0.15) is 10.4 Å². The van der Waals surface area contributed by atoms with Gasteiger partial charge in [0.15, 0.2) is 9.84 Å². The quantitative estimate of drug-likeness (QED) is 0.721. The largest absolute Gasteiger partial charge is 0.497 e. The Hall–Kier alpha value is -2.80. The summed E-state index contributed by atoms with van der Waals surface area (Å²) in [7, 11) is -0.0475. The second kappa shape index (κ2) is 7.21. The number of sulfone groups is 1. The van der Waals surface area contributed by atoms with Crippen LogP contribution in [-0.4, -0.2) is 38.3 Å². The Balaban J connectivity index is 1.67. The highest BCUT2D eigenvalue weighted by molar-refractivity contribution is 7.91. The Bertz CT molecular complexity index is 1040. The van der Waals surface area contributed by atoms with E-state index in [1.165, 1.54) is 19.2 Å². The molecule has 0 fully saturated rings. The minimum Gasteiger partial charge on any atom is -0.497 e. The van der Waals surface area contributed by atoms with Gasteiger partial charge in [-0.1, -0.05) is 6.07 Å². The van der Waals surface area contributed by atoms with Gasteiger partial charge in [-0.3, -0.25) is 4.79 Å². The van der Waals surface area contributed by atoms with Crippen molar-refractivity contribution in [3.63, 3.8) is 0 Å². The van der Waals surface area contributed by atoms with E-state index >= 15 is 0 Å². The Kier molecular flexibility index (Phi) is 4.99. The minimum atomic E-state index is -3.48. The van der Waals surface area contributed by atoms with E-state index in [4.69, 9.17) is 4.74 Å². The zero-order valence-corrected chi connectivity index (χ0v) is 15.4. The number of benzene rings is 2. The van der Waals surface area contributed by atoms with E-state index in [-0.39, 0.29) is 23.1 Å². The summed E-state index contributed by atoms with van der Waals surface area (Å²) in [6.07, 6.45) is 1.88. The molecule has 1 amide bonds. The first-order chi connectivity index (χ1) is 12.4. The number of ether oxygens (including phenoxy) is 1. The van der Waals surface area contributed by atoms with Gasteiger partial charge in [-0.2, -0.15) is 0 Å². The number of fused-ring (bicyclic) bond motifs is 1. The molecule has 0 bridgehead atoms. The molecule has 0 radical (unpaired) electrons. The standard InChI is InChI=1S/C19H20N2O4S/c1-21-12-10-16-17(4-3-5-18(16)21)19(22)20-11-13-26(23,24)15-8-6-14(25-2)7-9-15/h3-10,12H,11,13H2,1-2H3,(H,20,22). The number of carbonyl (C=O) groups excluding carboxylic acids is 1. The Morgan fingerprint density at radius 2 is 1.85 bits per heavy atom. The lowest BCUT2D eigenvalue weighted by Crippen LogP contribution is -2.29. The minimum absolute atomic E-state index is 0.0381. The topological polar surface area (TPSA) is 77.4 Å². The van der Waals surface area contributed by atoms with Crippen LogP contribution in [0.5, 0.6) is 5.75 Å². The van der Waals surface area contributed by atoms with Gasteiger partial charge in [0.1, 0.15) is 5.75 Å². The van der Waals surface area contributed by atoms with Crippen molar-refractivity contribution in [2.24, 2.45) is 7.05 Å². The fourth-order valence-corrected chi connectivity index (χ4v) is 3.95. The third-order valence-electron chi connectivity index (χ3n) is 4.25. The number of rotatable bonds is 6. The van der Waals surface area contributed by atoms with Gasteiger partial charge in [-0.25, -0.2) is 8.42 Å². The molecule has 3 rings (SSSR count). The third-order valence-corrected chi connectivity index (χ3v) is 5.98. The second-order valence-electron chi connectivity index (χ2n) is 5.92. The molecular weight excluding hydrogens is 352 g/mol. The summed E-state index contributed by atoms with van der Waals surface area (Å²) in [6.45, 7) is 0.0381. The van der Waals surface area contributed by atoms with Gasteiger partial charge in [0, 0.05) is 36.3 Å². The number of methoxy groups -OCH3 is 1. The van der Waals surface area contributed by atoms with Crippen molar-refractivity contribution in [1.29, 1.82) is 0 Å². The van der Waals surface area contributed by atoms with Gasteiger partial charge in [-0.15, -0.1) is 0 Å². The van der Waals surface area contributed by atoms with Gasteiger partial charge in [0.25, 0.3) is 5.91 Å². The molecule has 2 aromatic carbocycles. The van der Waals surface area contributed by atoms with Crippen LogP contribution in [0.25, 0.3) is 10.9 Å². The maximum absolute atomic E-state index is 12.4. The van der Waals surface area contributed by atoms with Crippen LogP contribution in [0.15, 0.2) is 59.6 Å². The van der Waals surface area contributed by atoms with Crippen LogP contribution in [-0.2, 0) is 16.9 Å². The smallest absolute Gasteiger partial charge is 0.251 e. The zero-order chi connectivity index (χ0) is 18.7. The molecule has 0 aliphatic carbocycles. The van der Waals surface area contributed by atoms with Gasteiger partial charge in [0.2, 0.25) is 0 Å². The van der Waals surface area contributed by atoms with E-state index in [0.717, 1.165) is 10.9 Å². The van der Waals surface area contributed by atoms with Crippen molar-refractivity contribution in [1.82, 2.24) is 9.88 Å². The van der Waals surface area contributed by atoms with E-state index in [2.05, 4.69) is 5.32 Å². The molecular formula is C19H20N2O4S. The Morgan fingerprint density at radius 1 is 1.12 bits per heavy atom. The maximum atomic E-state index is 12.4. The van der Waals surface area contributed by atoms with Crippen molar-refractivity contribution < 1.29 is 17.9 Å². The molecule has 0 spiro atoms. The number of amides is 1. The molecule has 1 N–H and O–H groups in total. The number of aromatic nitrogens is 1. The Labute approximate surface area is 152 Å². The van der Waals surface area contributed by atoms with Gasteiger partial charge >= 0.3 is 0 Å². The lowest BCUT2D eigenvalue weighted by molar-refractivity contribution is 0.0958. The molecule has 0 unspecified atom stereocenters. The normalized spacial score (nSPS) is 11.5. The molecule has 0 aliphatic heterocycles. The van der Waals surface area contributed by atoms with E-state index in [1.807, 2.05) is 36.0 Å². The van der Waals surface area contributed by atoms with Gasteiger partial charge < -0.3 is 14.6 Å². The number of aryl methyl sites for hydroxylation is 1. The van der Waals surface area contributed by atoms with E-state index in [1.54, 1.807) is 18.2 Å². The lowest BCUT2D eigenvalue weighted by atomic mass is 10.1. The number of carbonyl (C=O) groups is 1. The van der Waals surface area contributed by atoms with Crippen LogP contribution < -0.4 is 10.1 Å². The third kappa shape index (κ3) is 3.57. The van der Waals surface area contributed by atoms with E-state index in [0.29, 0.717) is 11.3 Å². The summed E-state index contributed by atoms with van der Waals surface area (Å²) < 4.78 is 31.7. The average molecular weight is 372 g/mol. The van der Waals surface area contributed by atoms with Crippen molar-refractivity contribution in [3.05, 3.63) is 60.3 Å². The molecule has 0 atom stereocenters. The first kappa shape index (κ1) is 18.0. The molecule has 0 saturated heterocycles. The summed E-state index contributed by atoms with van der Waals surface area (Å²) >= 11 is 0. The summed E-state index contributed by atoms with van der Waals surface area (Å²) in [5, 5.41) is 3.54. The Morgan fingerprint density at radius 3 is 2.54 bits per heavy atom. The molecule has 1 heterocycles. The van der Waals surface area contributed by atoms with Crippen molar-refractivity contribution in [2.45, 2.75) is 4.90 Å². The molecule has 0 aliphatic rings. The first-order valence-corrected chi connectivity index (χ1v) is 9.76. The molecule has 136 valence electrons.